The molecule has 0 spiro atoms. The summed E-state index contributed by atoms with van der Waals surface area (Å²) in [5, 5.41) is 15.0. The van der Waals surface area contributed by atoms with Crippen molar-refractivity contribution in [2.24, 2.45) is 0 Å². The third kappa shape index (κ3) is 3.96. The third-order valence-corrected chi connectivity index (χ3v) is 3.82. The highest BCUT2D eigenvalue weighted by molar-refractivity contribution is 5.98. The number of hydrogen-bond donors (Lipinski definition) is 2. The quantitative estimate of drug-likeness (QED) is 0.760. The molecule has 23 heavy (non-hydrogen) atoms. The van der Waals surface area contributed by atoms with Gasteiger partial charge < -0.3 is 10.4 Å². The number of carbonyl (C=O) groups is 1. The number of aliphatic hydroxyl groups excluding tert-OH is 1. The number of benzene rings is 3. The van der Waals surface area contributed by atoms with Gasteiger partial charge in [0.25, 0.3) is 5.91 Å². The van der Waals surface area contributed by atoms with Gasteiger partial charge in [0.1, 0.15) is 0 Å². The van der Waals surface area contributed by atoms with Crippen molar-refractivity contribution in [2.75, 3.05) is 6.54 Å². The number of rotatable bonds is 5. The molecule has 0 aliphatic rings. The first-order valence-corrected chi connectivity index (χ1v) is 7.71. The van der Waals surface area contributed by atoms with Crippen LogP contribution in [-0.2, 0) is 6.42 Å². The van der Waals surface area contributed by atoms with E-state index in [4.69, 9.17) is 0 Å². The van der Waals surface area contributed by atoms with Crippen LogP contribution in [0.4, 0.5) is 0 Å². The molecule has 0 bridgehead atoms. The average Bonchev–Trinajstić information content (AvgIpc) is 2.60. The second-order valence-electron chi connectivity index (χ2n) is 5.62. The molecule has 3 aromatic carbocycles. The Bertz CT molecular complexity index is 799. The Hall–Kier alpha value is -2.65. The lowest BCUT2D eigenvalue weighted by molar-refractivity contribution is 0.0916. The van der Waals surface area contributed by atoms with Crippen molar-refractivity contribution in [2.45, 2.75) is 12.5 Å². The Morgan fingerprint density at radius 3 is 2.39 bits per heavy atom. The van der Waals surface area contributed by atoms with Crippen LogP contribution in [0.25, 0.3) is 10.8 Å². The van der Waals surface area contributed by atoms with Gasteiger partial charge in [-0.15, -0.1) is 0 Å². The van der Waals surface area contributed by atoms with Crippen LogP contribution in [-0.4, -0.2) is 23.7 Å². The normalized spacial score (nSPS) is 12.0. The van der Waals surface area contributed by atoms with Gasteiger partial charge in [-0.1, -0.05) is 60.7 Å². The first-order valence-electron chi connectivity index (χ1n) is 7.71. The van der Waals surface area contributed by atoms with E-state index in [-0.39, 0.29) is 12.5 Å². The van der Waals surface area contributed by atoms with E-state index in [0.717, 1.165) is 16.3 Å². The van der Waals surface area contributed by atoms with Gasteiger partial charge in [-0.2, -0.15) is 0 Å². The summed E-state index contributed by atoms with van der Waals surface area (Å²) in [4.78, 5) is 12.2. The molecule has 0 aliphatic carbocycles. The number of fused-ring (bicyclic) bond motifs is 1. The van der Waals surface area contributed by atoms with Crippen LogP contribution in [0, 0.1) is 0 Å². The summed E-state index contributed by atoms with van der Waals surface area (Å²) < 4.78 is 0. The highest BCUT2D eigenvalue weighted by Crippen LogP contribution is 2.15. The highest BCUT2D eigenvalue weighted by atomic mass is 16.3. The third-order valence-electron chi connectivity index (χ3n) is 3.82. The van der Waals surface area contributed by atoms with Crippen LogP contribution in [0.2, 0.25) is 0 Å². The molecule has 0 saturated heterocycles. The van der Waals surface area contributed by atoms with Gasteiger partial charge in [0.05, 0.1) is 6.10 Å². The van der Waals surface area contributed by atoms with Crippen LogP contribution in [0.1, 0.15) is 15.9 Å². The predicted molar refractivity (Wildman–Crippen MR) is 92.4 cm³/mol. The summed E-state index contributed by atoms with van der Waals surface area (Å²) in [5.41, 5.74) is 1.66. The molecule has 1 unspecified atom stereocenters. The van der Waals surface area contributed by atoms with Gasteiger partial charge in [0, 0.05) is 18.5 Å². The van der Waals surface area contributed by atoms with Crippen LogP contribution in [0.15, 0.2) is 72.8 Å². The fourth-order valence-electron chi connectivity index (χ4n) is 2.60. The zero-order valence-electron chi connectivity index (χ0n) is 12.8. The number of carbonyl (C=O) groups excluding carboxylic acids is 1. The van der Waals surface area contributed by atoms with E-state index in [0.29, 0.717) is 12.0 Å². The number of hydrogen-bond acceptors (Lipinski definition) is 2. The predicted octanol–water partition coefficient (Wildman–Crippen LogP) is 3.17. The summed E-state index contributed by atoms with van der Waals surface area (Å²) in [6.45, 7) is 0.237. The van der Waals surface area contributed by atoms with Crippen molar-refractivity contribution in [1.82, 2.24) is 5.32 Å². The monoisotopic (exact) mass is 305 g/mol. The zero-order chi connectivity index (χ0) is 16.1. The fraction of sp³-hybridized carbons (Fsp3) is 0.150. The van der Waals surface area contributed by atoms with Gasteiger partial charge in [-0.05, 0) is 28.5 Å². The van der Waals surface area contributed by atoms with Crippen molar-refractivity contribution in [3.63, 3.8) is 0 Å². The zero-order valence-corrected chi connectivity index (χ0v) is 12.8. The van der Waals surface area contributed by atoms with E-state index in [1.54, 1.807) is 6.07 Å². The minimum absolute atomic E-state index is 0.164. The van der Waals surface area contributed by atoms with Crippen molar-refractivity contribution in [3.8, 4) is 0 Å². The molecule has 0 radical (unpaired) electrons. The van der Waals surface area contributed by atoms with Gasteiger partial charge in [-0.3, -0.25) is 4.79 Å². The van der Waals surface area contributed by atoms with Gasteiger partial charge >= 0.3 is 0 Å². The van der Waals surface area contributed by atoms with Crippen LogP contribution < -0.4 is 5.32 Å². The Labute approximate surface area is 135 Å². The van der Waals surface area contributed by atoms with Crippen molar-refractivity contribution in [1.29, 1.82) is 0 Å². The summed E-state index contributed by atoms with van der Waals surface area (Å²) in [5.74, 6) is -0.164. The summed E-state index contributed by atoms with van der Waals surface area (Å²) in [6.07, 6.45) is -0.0689. The van der Waals surface area contributed by atoms with E-state index in [9.17, 15) is 9.90 Å². The molecule has 1 atom stereocenters. The molecule has 2 N–H and O–H groups in total. The minimum Gasteiger partial charge on any atom is -0.391 e. The van der Waals surface area contributed by atoms with Crippen molar-refractivity contribution >= 4 is 16.7 Å². The number of aliphatic hydroxyl groups is 1. The molecule has 3 nitrogen and oxygen atoms in total. The fourth-order valence-corrected chi connectivity index (χ4v) is 2.60. The molecule has 0 fully saturated rings. The summed E-state index contributed by atoms with van der Waals surface area (Å²) in [7, 11) is 0. The molecule has 1 amide bonds. The Morgan fingerprint density at radius 1 is 0.913 bits per heavy atom. The Balaban J connectivity index is 1.59. The summed E-state index contributed by atoms with van der Waals surface area (Å²) >= 11 is 0. The lowest BCUT2D eigenvalue weighted by Crippen LogP contribution is -2.33. The van der Waals surface area contributed by atoms with E-state index < -0.39 is 6.10 Å². The molecule has 3 aromatic rings. The first-order chi connectivity index (χ1) is 11.2. The van der Waals surface area contributed by atoms with E-state index in [2.05, 4.69) is 5.32 Å². The molecule has 0 heterocycles. The molecule has 0 aliphatic heterocycles. The molecule has 3 heteroatoms. The van der Waals surface area contributed by atoms with E-state index >= 15 is 0 Å². The number of amides is 1. The van der Waals surface area contributed by atoms with Gasteiger partial charge in [0.15, 0.2) is 0 Å². The molecule has 116 valence electrons. The lowest BCUT2D eigenvalue weighted by atomic mass is 10.1. The topological polar surface area (TPSA) is 49.3 Å². The Morgan fingerprint density at radius 2 is 1.61 bits per heavy atom. The molecule has 0 aromatic heterocycles. The lowest BCUT2D eigenvalue weighted by Gasteiger charge is -2.12. The summed E-state index contributed by atoms with van der Waals surface area (Å²) in [6, 6.07) is 23.3. The smallest absolute Gasteiger partial charge is 0.251 e. The standard InChI is InChI=1S/C20H19NO2/c22-19(12-15-6-2-1-3-7-15)14-21-20(23)18-11-10-16-8-4-5-9-17(16)13-18/h1-11,13,19,22H,12,14H2,(H,21,23). The average molecular weight is 305 g/mol. The van der Waals surface area contributed by atoms with E-state index in [1.807, 2.05) is 66.7 Å². The largest absolute Gasteiger partial charge is 0.391 e. The van der Waals surface area contributed by atoms with Crippen LogP contribution >= 0.6 is 0 Å². The van der Waals surface area contributed by atoms with Crippen LogP contribution in [0.3, 0.4) is 0 Å². The molecule has 0 saturated carbocycles. The van der Waals surface area contributed by atoms with Gasteiger partial charge in [0.2, 0.25) is 0 Å². The minimum atomic E-state index is -0.596. The second kappa shape index (κ2) is 7.07. The first kappa shape index (κ1) is 15.3. The molecular formula is C20H19NO2. The SMILES string of the molecule is O=C(NCC(O)Cc1ccccc1)c1ccc2ccccc2c1. The second-order valence-corrected chi connectivity index (χ2v) is 5.62. The molecular weight excluding hydrogens is 286 g/mol. The van der Waals surface area contributed by atoms with Gasteiger partial charge in [-0.25, -0.2) is 0 Å². The maximum absolute atomic E-state index is 12.2. The van der Waals surface area contributed by atoms with E-state index in [1.165, 1.54) is 0 Å². The molecule has 3 rings (SSSR count). The number of nitrogens with one attached hydrogen (secondary N) is 1. The maximum atomic E-state index is 12.2. The van der Waals surface area contributed by atoms with Crippen LogP contribution in [0.5, 0.6) is 0 Å². The maximum Gasteiger partial charge on any atom is 0.251 e. The van der Waals surface area contributed by atoms with Crippen molar-refractivity contribution in [3.05, 3.63) is 83.9 Å². The highest BCUT2D eigenvalue weighted by Gasteiger charge is 2.10. The van der Waals surface area contributed by atoms with Crippen molar-refractivity contribution < 1.29 is 9.90 Å². The Kier molecular flexibility index (Phi) is 4.69.